The van der Waals surface area contributed by atoms with Crippen molar-refractivity contribution in [3.63, 3.8) is 0 Å². The number of thiophene rings is 1. The quantitative estimate of drug-likeness (QED) is 0.906. The number of aliphatic carboxylic acids is 1. The van der Waals surface area contributed by atoms with Gasteiger partial charge in [0.25, 0.3) is 0 Å². The van der Waals surface area contributed by atoms with Crippen molar-refractivity contribution in [3.05, 3.63) is 16.0 Å². The summed E-state index contributed by atoms with van der Waals surface area (Å²) in [6.07, 6.45) is 3.27. The molecule has 2 rings (SSSR count). The molecule has 5 heteroatoms. The van der Waals surface area contributed by atoms with Gasteiger partial charge in [-0.15, -0.1) is 11.3 Å². The van der Waals surface area contributed by atoms with Crippen molar-refractivity contribution < 1.29 is 9.90 Å². The molecule has 1 aromatic rings. The van der Waals surface area contributed by atoms with E-state index in [1.807, 2.05) is 11.8 Å². The van der Waals surface area contributed by atoms with Gasteiger partial charge in [-0.25, -0.2) is 0 Å². The Morgan fingerprint density at radius 1 is 1.60 bits per heavy atom. The van der Waals surface area contributed by atoms with Crippen LogP contribution in [-0.4, -0.2) is 24.2 Å². The highest BCUT2D eigenvalue weighted by Gasteiger charge is 2.26. The topological polar surface area (TPSA) is 64.3 Å². The Kier molecular flexibility index (Phi) is 4.66. The molecule has 1 atom stereocenters. The fourth-order valence-electron chi connectivity index (χ4n) is 2.71. The summed E-state index contributed by atoms with van der Waals surface area (Å²) in [7, 11) is 0. The molecular formula is C15H20N2O2S. The largest absolute Gasteiger partial charge is 0.481 e. The van der Waals surface area contributed by atoms with Gasteiger partial charge in [0.2, 0.25) is 0 Å². The van der Waals surface area contributed by atoms with Crippen molar-refractivity contribution in [1.82, 2.24) is 0 Å². The first-order valence-electron chi connectivity index (χ1n) is 7.08. The van der Waals surface area contributed by atoms with E-state index in [0.29, 0.717) is 12.5 Å². The SMILES string of the molecule is CCN(CCC(=O)O)c1sc2c(c1C#N)CCC(C)C2. The number of anilines is 1. The summed E-state index contributed by atoms with van der Waals surface area (Å²) in [6.45, 7) is 5.45. The zero-order valence-corrected chi connectivity index (χ0v) is 12.8. The molecule has 0 amide bonds. The van der Waals surface area contributed by atoms with Gasteiger partial charge in [0.1, 0.15) is 11.1 Å². The Bertz CT molecular complexity index is 545. The van der Waals surface area contributed by atoms with Crippen LogP contribution in [0.5, 0.6) is 0 Å². The van der Waals surface area contributed by atoms with E-state index in [4.69, 9.17) is 5.11 Å². The number of hydrogen-bond donors (Lipinski definition) is 1. The maximum Gasteiger partial charge on any atom is 0.305 e. The Morgan fingerprint density at radius 2 is 2.35 bits per heavy atom. The molecular weight excluding hydrogens is 272 g/mol. The Labute approximate surface area is 123 Å². The molecule has 1 unspecified atom stereocenters. The minimum atomic E-state index is -0.795. The Hall–Kier alpha value is -1.54. The third kappa shape index (κ3) is 2.96. The summed E-state index contributed by atoms with van der Waals surface area (Å²) < 4.78 is 0. The van der Waals surface area contributed by atoms with E-state index in [-0.39, 0.29) is 6.42 Å². The van der Waals surface area contributed by atoms with Crippen molar-refractivity contribution in [2.75, 3.05) is 18.0 Å². The van der Waals surface area contributed by atoms with Crippen LogP contribution in [0.2, 0.25) is 0 Å². The molecule has 108 valence electrons. The maximum absolute atomic E-state index is 10.8. The van der Waals surface area contributed by atoms with E-state index >= 15 is 0 Å². The van der Waals surface area contributed by atoms with Gasteiger partial charge in [0.05, 0.1) is 12.0 Å². The van der Waals surface area contributed by atoms with Crippen LogP contribution >= 0.6 is 11.3 Å². The van der Waals surface area contributed by atoms with Crippen LogP contribution in [0.3, 0.4) is 0 Å². The summed E-state index contributed by atoms with van der Waals surface area (Å²) in [4.78, 5) is 14.1. The molecule has 20 heavy (non-hydrogen) atoms. The molecule has 1 aliphatic rings. The third-order valence-electron chi connectivity index (χ3n) is 3.87. The predicted molar refractivity (Wildman–Crippen MR) is 80.4 cm³/mol. The van der Waals surface area contributed by atoms with Crippen molar-refractivity contribution in [2.24, 2.45) is 5.92 Å². The average molecular weight is 292 g/mol. The molecule has 0 spiro atoms. The number of carboxylic acids is 1. The molecule has 0 saturated heterocycles. The number of carbonyl (C=O) groups is 1. The number of fused-ring (bicyclic) bond motifs is 1. The molecule has 0 saturated carbocycles. The Morgan fingerprint density at radius 3 is 2.95 bits per heavy atom. The molecule has 0 bridgehead atoms. The lowest BCUT2D eigenvalue weighted by Crippen LogP contribution is -2.25. The molecule has 1 aromatic heterocycles. The highest BCUT2D eigenvalue weighted by molar-refractivity contribution is 7.16. The summed E-state index contributed by atoms with van der Waals surface area (Å²) in [5, 5.41) is 19.3. The highest BCUT2D eigenvalue weighted by atomic mass is 32.1. The minimum absolute atomic E-state index is 0.109. The molecule has 0 radical (unpaired) electrons. The molecule has 0 fully saturated rings. The molecule has 0 aliphatic heterocycles. The van der Waals surface area contributed by atoms with Gasteiger partial charge in [-0.05, 0) is 37.7 Å². The zero-order valence-electron chi connectivity index (χ0n) is 12.0. The molecule has 4 nitrogen and oxygen atoms in total. The first kappa shape index (κ1) is 14.9. The lowest BCUT2D eigenvalue weighted by atomic mass is 9.88. The van der Waals surface area contributed by atoms with Crippen LogP contribution in [0, 0.1) is 17.2 Å². The number of nitrogens with zero attached hydrogens (tertiary/aromatic N) is 2. The molecule has 1 heterocycles. The van der Waals surface area contributed by atoms with Gasteiger partial charge in [0.15, 0.2) is 0 Å². The van der Waals surface area contributed by atoms with E-state index in [2.05, 4.69) is 13.0 Å². The Balaban J connectivity index is 2.31. The van der Waals surface area contributed by atoms with Crippen molar-refractivity contribution in [1.29, 1.82) is 5.26 Å². The first-order chi connectivity index (χ1) is 9.56. The van der Waals surface area contributed by atoms with E-state index in [1.165, 1.54) is 10.4 Å². The molecule has 1 aliphatic carbocycles. The standard InChI is InChI=1S/C15H20N2O2S/c1-3-17(7-6-14(18)19)15-12(9-16)11-5-4-10(2)8-13(11)20-15/h10H,3-8H2,1-2H3,(H,18,19). The van der Waals surface area contributed by atoms with Crippen LogP contribution in [0.1, 0.15) is 42.7 Å². The van der Waals surface area contributed by atoms with Crippen LogP contribution < -0.4 is 4.90 Å². The van der Waals surface area contributed by atoms with E-state index in [9.17, 15) is 10.1 Å². The van der Waals surface area contributed by atoms with Crippen LogP contribution in [0.25, 0.3) is 0 Å². The van der Waals surface area contributed by atoms with Gasteiger partial charge in [-0.3, -0.25) is 4.79 Å². The maximum atomic E-state index is 10.8. The molecule has 1 N–H and O–H groups in total. The second kappa shape index (κ2) is 6.27. The second-order valence-corrected chi connectivity index (χ2v) is 6.45. The summed E-state index contributed by atoms with van der Waals surface area (Å²) in [5.41, 5.74) is 1.99. The van der Waals surface area contributed by atoms with Crippen LogP contribution in [0.15, 0.2) is 0 Å². The average Bonchev–Trinajstić information content (AvgIpc) is 2.76. The van der Waals surface area contributed by atoms with E-state index in [0.717, 1.165) is 36.4 Å². The van der Waals surface area contributed by atoms with Gasteiger partial charge in [0, 0.05) is 18.0 Å². The summed E-state index contributed by atoms with van der Waals surface area (Å²) >= 11 is 1.69. The third-order valence-corrected chi connectivity index (χ3v) is 5.18. The lowest BCUT2D eigenvalue weighted by Gasteiger charge is -2.20. The summed E-state index contributed by atoms with van der Waals surface area (Å²) in [5.74, 6) is -0.119. The van der Waals surface area contributed by atoms with Crippen LogP contribution in [-0.2, 0) is 17.6 Å². The first-order valence-corrected chi connectivity index (χ1v) is 7.89. The fraction of sp³-hybridized carbons (Fsp3) is 0.600. The van der Waals surface area contributed by atoms with E-state index in [1.54, 1.807) is 11.3 Å². The number of rotatable bonds is 5. The zero-order chi connectivity index (χ0) is 14.7. The second-order valence-electron chi connectivity index (χ2n) is 5.37. The normalized spacial score (nSPS) is 17.4. The van der Waals surface area contributed by atoms with E-state index < -0.39 is 5.97 Å². The van der Waals surface area contributed by atoms with Crippen LogP contribution in [0.4, 0.5) is 5.00 Å². The van der Waals surface area contributed by atoms with Crippen molar-refractivity contribution in [3.8, 4) is 6.07 Å². The van der Waals surface area contributed by atoms with Gasteiger partial charge >= 0.3 is 5.97 Å². The predicted octanol–water partition coefficient (Wildman–Crippen LogP) is 3.05. The minimum Gasteiger partial charge on any atom is -0.481 e. The lowest BCUT2D eigenvalue weighted by molar-refractivity contribution is -0.136. The van der Waals surface area contributed by atoms with Gasteiger partial charge in [-0.1, -0.05) is 6.92 Å². The van der Waals surface area contributed by atoms with Gasteiger partial charge in [-0.2, -0.15) is 5.26 Å². The number of nitriles is 1. The fourth-order valence-corrected chi connectivity index (χ4v) is 4.26. The van der Waals surface area contributed by atoms with Crippen molar-refractivity contribution in [2.45, 2.75) is 39.5 Å². The smallest absolute Gasteiger partial charge is 0.305 e. The monoisotopic (exact) mass is 292 g/mol. The van der Waals surface area contributed by atoms with Crippen molar-refractivity contribution >= 4 is 22.3 Å². The number of carboxylic acid groups (broad SMARTS) is 1. The van der Waals surface area contributed by atoms with Gasteiger partial charge < -0.3 is 10.0 Å². The highest BCUT2D eigenvalue weighted by Crippen LogP contribution is 2.41. The summed E-state index contributed by atoms with van der Waals surface area (Å²) in [6, 6.07) is 2.34. The molecule has 0 aromatic carbocycles. The number of hydrogen-bond acceptors (Lipinski definition) is 4.